The highest BCUT2D eigenvalue weighted by molar-refractivity contribution is 5.98. The normalized spacial score (nSPS) is 10.1. The second kappa shape index (κ2) is 5.17. The van der Waals surface area contributed by atoms with Gasteiger partial charge in [0.05, 0.1) is 18.3 Å². The number of carbonyl (C=O) groups excluding carboxylic acids is 1. The number of hydrogen-bond acceptors (Lipinski definition) is 6. The molecular weight excluding hydrogens is 241 g/mol. The predicted octanol–water partition coefficient (Wildman–Crippen LogP) is -0.295. The maximum atomic E-state index is 13.0. The van der Waals surface area contributed by atoms with Gasteiger partial charge in [-0.1, -0.05) is 5.21 Å². The minimum absolute atomic E-state index is 0.0923. The zero-order chi connectivity index (χ0) is 13.0. The second-order valence-electron chi connectivity index (χ2n) is 3.31. The summed E-state index contributed by atoms with van der Waals surface area (Å²) in [6, 6.07) is 1.10. The van der Waals surface area contributed by atoms with Gasteiger partial charge < -0.3 is 10.6 Å². The summed E-state index contributed by atoms with van der Waals surface area (Å²) in [5.74, 6) is -0.435. The van der Waals surface area contributed by atoms with Crippen molar-refractivity contribution in [1.29, 1.82) is 0 Å². The molecule has 0 aliphatic rings. The fourth-order valence-corrected chi connectivity index (χ4v) is 1.32. The molecule has 18 heavy (non-hydrogen) atoms. The molecule has 0 atom stereocenters. The monoisotopic (exact) mass is 251 g/mol. The third-order valence-electron chi connectivity index (χ3n) is 2.13. The summed E-state index contributed by atoms with van der Waals surface area (Å²) in [4.78, 5) is 15.6. The van der Waals surface area contributed by atoms with Crippen molar-refractivity contribution in [2.45, 2.75) is 6.54 Å². The summed E-state index contributed by atoms with van der Waals surface area (Å²) < 4.78 is 13.0. The Bertz CT molecular complexity index is 542. The van der Waals surface area contributed by atoms with E-state index in [4.69, 9.17) is 0 Å². The highest BCUT2D eigenvalue weighted by Crippen LogP contribution is 2.12. The maximum Gasteiger partial charge on any atom is 0.255 e. The summed E-state index contributed by atoms with van der Waals surface area (Å²) in [6.45, 7) is 0.0923. The first-order valence-electron chi connectivity index (χ1n) is 5.04. The third kappa shape index (κ3) is 2.56. The van der Waals surface area contributed by atoms with E-state index >= 15 is 0 Å². The fourth-order valence-electron chi connectivity index (χ4n) is 1.32. The van der Waals surface area contributed by atoms with Crippen LogP contribution in [0.4, 0.5) is 10.2 Å². The van der Waals surface area contributed by atoms with Crippen LogP contribution in [-0.4, -0.2) is 38.6 Å². The molecule has 0 saturated heterocycles. The van der Waals surface area contributed by atoms with Crippen molar-refractivity contribution >= 4 is 11.7 Å². The number of anilines is 1. The summed E-state index contributed by atoms with van der Waals surface area (Å²) in [7, 11) is 1.59. The minimum Gasteiger partial charge on any atom is -0.372 e. The molecule has 94 valence electrons. The van der Waals surface area contributed by atoms with E-state index in [-0.39, 0.29) is 12.1 Å². The quantitative estimate of drug-likeness (QED) is 0.688. The molecular formula is C9H10FN7O. The molecule has 0 aromatic carbocycles. The lowest BCUT2D eigenvalue weighted by molar-refractivity contribution is 0.0950. The van der Waals surface area contributed by atoms with E-state index in [1.54, 1.807) is 7.05 Å². The number of tetrazole rings is 1. The van der Waals surface area contributed by atoms with Gasteiger partial charge in [-0.2, -0.15) is 5.21 Å². The number of aromatic amines is 1. The van der Waals surface area contributed by atoms with E-state index in [1.807, 2.05) is 0 Å². The average molecular weight is 251 g/mol. The lowest BCUT2D eigenvalue weighted by Crippen LogP contribution is -2.24. The van der Waals surface area contributed by atoms with Gasteiger partial charge in [-0.3, -0.25) is 4.79 Å². The van der Waals surface area contributed by atoms with Crippen molar-refractivity contribution in [1.82, 2.24) is 30.9 Å². The molecule has 0 spiro atoms. The van der Waals surface area contributed by atoms with Gasteiger partial charge in [-0.25, -0.2) is 9.37 Å². The molecule has 2 rings (SSSR count). The molecule has 0 aliphatic carbocycles. The average Bonchev–Trinajstić information content (AvgIpc) is 2.89. The highest BCUT2D eigenvalue weighted by atomic mass is 19.1. The van der Waals surface area contributed by atoms with Crippen LogP contribution < -0.4 is 10.6 Å². The molecule has 0 radical (unpaired) electrons. The number of H-pyrrole nitrogens is 1. The van der Waals surface area contributed by atoms with E-state index in [0.717, 1.165) is 12.3 Å². The number of carbonyl (C=O) groups is 1. The summed E-state index contributed by atoms with van der Waals surface area (Å²) in [5.41, 5.74) is 0.112. The van der Waals surface area contributed by atoms with Crippen LogP contribution >= 0.6 is 0 Å². The van der Waals surface area contributed by atoms with Crippen LogP contribution in [0.2, 0.25) is 0 Å². The lowest BCUT2D eigenvalue weighted by atomic mass is 10.2. The van der Waals surface area contributed by atoms with Crippen molar-refractivity contribution < 1.29 is 9.18 Å². The molecule has 3 N–H and O–H groups in total. The smallest absolute Gasteiger partial charge is 0.255 e. The fraction of sp³-hybridized carbons (Fsp3) is 0.222. The number of nitrogens with zero attached hydrogens (tertiary/aromatic N) is 4. The summed E-state index contributed by atoms with van der Waals surface area (Å²) >= 11 is 0. The minimum atomic E-state index is -0.585. The largest absolute Gasteiger partial charge is 0.372 e. The number of nitrogens with one attached hydrogen (secondary N) is 3. The van der Waals surface area contributed by atoms with Crippen LogP contribution in [-0.2, 0) is 6.54 Å². The summed E-state index contributed by atoms with van der Waals surface area (Å²) in [5, 5.41) is 18.2. The van der Waals surface area contributed by atoms with E-state index < -0.39 is 11.7 Å². The Morgan fingerprint density at radius 1 is 1.56 bits per heavy atom. The topological polar surface area (TPSA) is 108 Å². The molecule has 9 heteroatoms. The molecule has 2 aromatic rings. The molecule has 2 heterocycles. The van der Waals surface area contributed by atoms with Gasteiger partial charge >= 0.3 is 0 Å². The Morgan fingerprint density at radius 3 is 3.06 bits per heavy atom. The van der Waals surface area contributed by atoms with Crippen LogP contribution in [0.25, 0.3) is 0 Å². The third-order valence-corrected chi connectivity index (χ3v) is 2.13. The molecule has 0 aliphatic heterocycles. The van der Waals surface area contributed by atoms with Crippen molar-refractivity contribution in [2.75, 3.05) is 12.4 Å². The number of pyridine rings is 1. The van der Waals surface area contributed by atoms with Gasteiger partial charge in [0.2, 0.25) is 0 Å². The Kier molecular flexibility index (Phi) is 3.41. The molecule has 0 fully saturated rings. The van der Waals surface area contributed by atoms with E-state index in [1.165, 1.54) is 0 Å². The van der Waals surface area contributed by atoms with Gasteiger partial charge in [-0.05, 0) is 6.07 Å². The van der Waals surface area contributed by atoms with E-state index in [9.17, 15) is 9.18 Å². The molecule has 0 unspecified atom stereocenters. The Hall–Kier alpha value is -2.58. The zero-order valence-corrected chi connectivity index (χ0v) is 9.44. The number of rotatable bonds is 4. The molecule has 1 amide bonds. The molecule has 2 aromatic heterocycles. The van der Waals surface area contributed by atoms with Crippen molar-refractivity contribution in [3.8, 4) is 0 Å². The van der Waals surface area contributed by atoms with Crippen molar-refractivity contribution in [3.05, 3.63) is 29.5 Å². The number of aromatic nitrogens is 5. The maximum absolute atomic E-state index is 13.0. The second-order valence-corrected chi connectivity index (χ2v) is 3.31. The Labute approximate surface area is 101 Å². The van der Waals surface area contributed by atoms with E-state index in [0.29, 0.717) is 11.6 Å². The number of amides is 1. The molecule has 0 saturated carbocycles. The lowest BCUT2D eigenvalue weighted by Gasteiger charge is -2.07. The van der Waals surface area contributed by atoms with Gasteiger partial charge in [0, 0.05) is 7.05 Å². The zero-order valence-electron chi connectivity index (χ0n) is 9.44. The van der Waals surface area contributed by atoms with Crippen LogP contribution in [0, 0.1) is 5.82 Å². The first-order chi connectivity index (χ1) is 8.70. The Morgan fingerprint density at radius 2 is 2.39 bits per heavy atom. The SMILES string of the molecule is CNc1ncc(F)cc1C(=O)NCc1nn[nH]n1. The van der Waals surface area contributed by atoms with Gasteiger partial charge in [0.1, 0.15) is 11.6 Å². The number of hydrogen-bond donors (Lipinski definition) is 3. The van der Waals surface area contributed by atoms with Crippen molar-refractivity contribution in [2.24, 2.45) is 0 Å². The van der Waals surface area contributed by atoms with Gasteiger partial charge in [-0.15, -0.1) is 10.2 Å². The van der Waals surface area contributed by atoms with Crippen molar-refractivity contribution in [3.63, 3.8) is 0 Å². The van der Waals surface area contributed by atoms with Crippen LogP contribution in [0.15, 0.2) is 12.3 Å². The van der Waals surface area contributed by atoms with E-state index in [2.05, 4.69) is 36.2 Å². The van der Waals surface area contributed by atoms with Crippen LogP contribution in [0.3, 0.4) is 0 Å². The Balaban J connectivity index is 2.10. The van der Waals surface area contributed by atoms with Crippen LogP contribution in [0.5, 0.6) is 0 Å². The van der Waals surface area contributed by atoms with Gasteiger partial charge in [0.15, 0.2) is 5.82 Å². The standard InChI is InChI=1S/C9H10FN7O/c1-11-8-6(2-5(10)3-12-8)9(18)13-4-7-14-16-17-15-7/h2-3H,4H2,1H3,(H,11,12)(H,13,18)(H,14,15,16,17). The molecule has 8 nitrogen and oxygen atoms in total. The first-order valence-corrected chi connectivity index (χ1v) is 5.04. The van der Waals surface area contributed by atoms with Gasteiger partial charge in [0.25, 0.3) is 5.91 Å². The molecule has 0 bridgehead atoms. The first kappa shape index (κ1) is 11.9. The van der Waals surface area contributed by atoms with Crippen LogP contribution in [0.1, 0.15) is 16.2 Å². The predicted molar refractivity (Wildman–Crippen MR) is 59.1 cm³/mol. The highest BCUT2D eigenvalue weighted by Gasteiger charge is 2.13. The summed E-state index contributed by atoms with van der Waals surface area (Å²) in [6.07, 6.45) is 1.03. The number of halogens is 1.